The number of carboxylic acid groups (broad SMARTS) is 1. The molecule has 8 nitrogen and oxygen atoms in total. The molecule has 0 fully saturated rings. The summed E-state index contributed by atoms with van der Waals surface area (Å²) in [4.78, 5) is 32.4. The lowest BCUT2D eigenvalue weighted by molar-refractivity contribution is -0.150. The van der Waals surface area contributed by atoms with Gasteiger partial charge in [0.25, 0.3) is 5.91 Å². The van der Waals surface area contributed by atoms with E-state index in [0.717, 1.165) is 16.8 Å². The van der Waals surface area contributed by atoms with Gasteiger partial charge < -0.3 is 20.1 Å². The first kappa shape index (κ1) is 22.5. The van der Waals surface area contributed by atoms with Crippen LogP contribution < -0.4 is 10.8 Å². The lowest BCUT2D eigenvalue weighted by Gasteiger charge is -2.20. The second-order valence-electron chi connectivity index (χ2n) is 7.24. The van der Waals surface area contributed by atoms with Gasteiger partial charge in [0.05, 0.1) is 11.3 Å². The van der Waals surface area contributed by atoms with E-state index >= 15 is 0 Å². The molecule has 31 heavy (non-hydrogen) atoms. The maximum Gasteiger partial charge on any atom is 0.332 e. The number of carbonyl (C=O) groups excluding carboxylic acids is 1. The van der Waals surface area contributed by atoms with Gasteiger partial charge in [-0.3, -0.25) is 15.1 Å². The molecule has 0 saturated carbocycles. The Morgan fingerprint density at radius 2 is 2.16 bits per heavy atom. The molecule has 1 amide bonds. The van der Waals surface area contributed by atoms with E-state index in [1.54, 1.807) is 19.9 Å². The average Bonchev–Trinajstić information content (AvgIpc) is 3.00. The van der Waals surface area contributed by atoms with Gasteiger partial charge in [0, 0.05) is 36.5 Å². The molecular weight excluding hydrogens is 405 g/mol. The minimum Gasteiger partial charge on any atom is -0.479 e. The number of rotatable bonds is 8. The molecule has 1 unspecified atom stereocenters. The number of carbonyl (C=O) groups is 2. The van der Waals surface area contributed by atoms with Gasteiger partial charge in [-0.15, -0.1) is 0 Å². The Hall–Kier alpha value is -3.17. The molecule has 1 atom stereocenters. The van der Waals surface area contributed by atoms with Crippen molar-refractivity contribution in [1.82, 2.24) is 10.3 Å². The SMILES string of the molecule is CCOC(CCNC(=O)c1c(C)[nH]c(/C=C2\CONc3ccc(F)cc32)c1C)C(=O)O. The number of H-pyrrole nitrogens is 1. The Morgan fingerprint density at radius 3 is 2.87 bits per heavy atom. The molecule has 1 aromatic heterocycles. The van der Waals surface area contributed by atoms with Crippen molar-refractivity contribution in [3.63, 3.8) is 0 Å². The number of anilines is 1. The first-order chi connectivity index (χ1) is 14.8. The number of aryl methyl sites for hydroxylation is 1. The minimum absolute atomic E-state index is 0.168. The zero-order valence-corrected chi connectivity index (χ0v) is 17.7. The predicted octanol–water partition coefficient (Wildman–Crippen LogP) is 3.28. The summed E-state index contributed by atoms with van der Waals surface area (Å²) in [6.07, 6.45) is 1.05. The fraction of sp³-hybridized carbons (Fsp3) is 0.364. The maximum absolute atomic E-state index is 13.7. The zero-order valence-electron chi connectivity index (χ0n) is 17.7. The van der Waals surface area contributed by atoms with Crippen molar-refractivity contribution in [2.75, 3.05) is 25.2 Å². The fourth-order valence-electron chi connectivity index (χ4n) is 3.58. The van der Waals surface area contributed by atoms with E-state index in [1.807, 2.05) is 13.0 Å². The van der Waals surface area contributed by atoms with Crippen LogP contribution in [-0.4, -0.2) is 47.8 Å². The van der Waals surface area contributed by atoms with E-state index < -0.39 is 12.1 Å². The van der Waals surface area contributed by atoms with Crippen LogP contribution in [0.1, 0.15) is 46.2 Å². The summed E-state index contributed by atoms with van der Waals surface area (Å²) in [6.45, 7) is 6.02. The summed E-state index contributed by atoms with van der Waals surface area (Å²) in [5, 5.41) is 11.9. The summed E-state index contributed by atoms with van der Waals surface area (Å²) in [5.74, 6) is -1.70. The van der Waals surface area contributed by atoms with Gasteiger partial charge in [0.1, 0.15) is 12.4 Å². The number of aromatic nitrogens is 1. The van der Waals surface area contributed by atoms with E-state index in [0.29, 0.717) is 22.5 Å². The zero-order chi connectivity index (χ0) is 22.5. The smallest absolute Gasteiger partial charge is 0.332 e. The lowest BCUT2D eigenvalue weighted by Crippen LogP contribution is -2.32. The Morgan fingerprint density at radius 1 is 1.39 bits per heavy atom. The summed E-state index contributed by atoms with van der Waals surface area (Å²) in [7, 11) is 0. The van der Waals surface area contributed by atoms with Crippen LogP contribution >= 0.6 is 0 Å². The van der Waals surface area contributed by atoms with Gasteiger partial charge in [-0.05, 0) is 56.2 Å². The van der Waals surface area contributed by atoms with Gasteiger partial charge in [-0.25, -0.2) is 9.18 Å². The number of aliphatic carboxylic acids is 1. The van der Waals surface area contributed by atoms with Crippen molar-refractivity contribution in [3.8, 4) is 0 Å². The molecule has 0 spiro atoms. The molecule has 0 aliphatic carbocycles. The monoisotopic (exact) mass is 431 g/mol. The van der Waals surface area contributed by atoms with Crippen LogP contribution in [0, 0.1) is 19.7 Å². The maximum atomic E-state index is 13.7. The second kappa shape index (κ2) is 9.76. The third-order valence-corrected chi connectivity index (χ3v) is 5.09. The van der Waals surface area contributed by atoms with Crippen LogP contribution in [0.5, 0.6) is 0 Å². The van der Waals surface area contributed by atoms with Crippen molar-refractivity contribution in [1.29, 1.82) is 0 Å². The number of ether oxygens (including phenoxy) is 1. The molecule has 3 rings (SSSR count). The van der Waals surface area contributed by atoms with Crippen LogP contribution in [-0.2, 0) is 14.4 Å². The van der Waals surface area contributed by atoms with Crippen molar-refractivity contribution in [2.24, 2.45) is 0 Å². The van der Waals surface area contributed by atoms with E-state index in [9.17, 15) is 14.0 Å². The number of fused-ring (bicyclic) bond motifs is 1. The molecular formula is C22H26FN3O5. The molecule has 166 valence electrons. The highest BCUT2D eigenvalue weighted by molar-refractivity contribution is 5.99. The van der Waals surface area contributed by atoms with Gasteiger partial charge >= 0.3 is 5.97 Å². The first-order valence-electron chi connectivity index (χ1n) is 10.0. The molecule has 2 aromatic rings. The highest BCUT2D eigenvalue weighted by atomic mass is 19.1. The largest absolute Gasteiger partial charge is 0.479 e. The molecule has 0 radical (unpaired) electrons. The lowest BCUT2D eigenvalue weighted by atomic mass is 10.0. The van der Waals surface area contributed by atoms with Crippen molar-refractivity contribution >= 4 is 29.2 Å². The molecule has 2 heterocycles. The number of nitrogens with one attached hydrogen (secondary N) is 3. The Labute approximate surface area is 179 Å². The number of halogens is 1. The first-order valence-corrected chi connectivity index (χ1v) is 10.0. The quantitative estimate of drug-likeness (QED) is 0.510. The Balaban J connectivity index is 1.77. The summed E-state index contributed by atoms with van der Waals surface area (Å²) in [6, 6.07) is 4.40. The Bertz CT molecular complexity index is 1010. The third kappa shape index (κ3) is 5.12. The van der Waals surface area contributed by atoms with Crippen LogP contribution in [0.2, 0.25) is 0 Å². The summed E-state index contributed by atoms with van der Waals surface area (Å²) < 4.78 is 18.9. The topological polar surface area (TPSA) is 113 Å². The number of amides is 1. The summed E-state index contributed by atoms with van der Waals surface area (Å²) in [5.41, 5.74) is 7.52. The van der Waals surface area contributed by atoms with Crippen LogP contribution in [0.25, 0.3) is 11.6 Å². The summed E-state index contributed by atoms with van der Waals surface area (Å²) >= 11 is 0. The normalized spacial score (nSPS) is 15.3. The number of hydrogen-bond donors (Lipinski definition) is 4. The van der Waals surface area contributed by atoms with E-state index in [1.165, 1.54) is 12.1 Å². The third-order valence-electron chi connectivity index (χ3n) is 5.09. The van der Waals surface area contributed by atoms with Gasteiger partial charge in [0.15, 0.2) is 6.10 Å². The predicted molar refractivity (Wildman–Crippen MR) is 114 cm³/mol. The Kier molecular flexibility index (Phi) is 7.09. The standard InChI is InChI=1S/C22H26FN3O5/c1-4-30-19(22(28)29)7-8-24-21(27)20-12(2)18(25-13(20)3)9-14-11-31-26-17-6-5-15(23)10-16(14)17/h5-6,9-10,19,25-26H,4,7-8,11H2,1-3H3,(H,24,27)(H,28,29)/b14-9+. The van der Waals surface area contributed by atoms with Gasteiger partial charge in [-0.2, -0.15) is 0 Å². The van der Waals surface area contributed by atoms with Crippen molar-refractivity contribution < 1.29 is 28.7 Å². The number of hydrogen-bond acceptors (Lipinski definition) is 5. The average molecular weight is 431 g/mol. The van der Waals surface area contributed by atoms with Crippen LogP contribution in [0.15, 0.2) is 18.2 Å². The number of benzene rings is 1. The molecule has 0 bridgehead atoms. The second-order valence-corrected chi connectivity index (χ2v) is 7.24. The van der Waals surface area contributed by atoms with E-state index in [2.05, 4.69) is 15.8 Å². The van der Waals surface area contributed by atoms with Crippen LogP contribution in [0.3, 0.4) is 0 Å². The van der Waals surface area contributed by atoms with Gasteiger partial charge in [0.2, 0.25) is 0 Å². The number of aromatic amines is 1. The number of carboxylic acids is 1. The highest BCUT2D eigenvalue weighted by Gasteiger charge is 2.21. The molecule has 1 aromatic carbocycles. The highest BCUT2D eigenvalue weighted by Crippen LogP contribution is 2.31. The fourth-order valence-corrected chi connectivity index (χ4v) is 3.58. The van der Waals surface area contributed by atoms with Gasteiger partial charge in [-0.1, -0.05) is 0 Å². The minimum atomic E-state index is -1.06. The van der Waals surface area contributed by atoms with Crippen LogP contribution in [0.4, 0.5) is 10.1 Å². The molecule has 0 saturated heterocycles. The molecule has 1 aliphatic heterocycles. The molecule has 4 N–H and O–H groups in total. The van der Waals surface area contributed by atoms with E-state index in [4.69, 9.17) is 14.7 Å². The van der Waals surface area contributed by atoms with Crippen molar-refractivity contribution in [2.45, 2.75) is 33.3 Å². The molecule has 9 heteroatoms. The molecule has 1 aliphatic rings. The van der Waals surface area contributed by atoms with Crippen molar-refractivity contribution in [3.05, 3.63) is 52.1 Å². The van der Waals surface area contributed by atoms with E-state index in [-0.39, 0.29) is 37.9 Å².